The van der Waals surface area contributed by atoms with Gasteiger partial charge in [-0.1, -0.05) is 0 Å². The Morgan fingerprint density at radius 2 is 2.00 bits per heavy atom. The standard InChI is InChI=1S/C16H12N4O/c1-20-10-18-14-7-4-12(8-15(14)20)16(21)19-13-5-2-11(9-17)3-6-13/h2-8,10H,1H3,(H,19,21). The summed E-state index contributed by atoms with van der Waals surface area (Å²) < 4.78 is 1.87. The first-order valence-electron chi connectivity index (χ1n) is 6.40. The lowest BCUT2D eigenvalue weighted by Gasteiger charge is -2.05. The molecule has 3 aromatic rings. The monoisotopic (exact) mass is 276 g/mol. The summed E-state index contributed by atoms with van der Waals surface area (Å²) in [6.07, 6.45) is 1.72. The zero-order valence-corrected chi connectivity index (χ0v) is 11.4. The van der Waals surface area contributed by atoms with E-state index in [4.69, 9.17) is 5.26 Å². The summed E-state index contributed by atoms with van der Waals surface area (Å²) in [7, 11) is 1.89. The molecule has 1 N–H and O–H groups in total. The maximum absolute atomic E-state index is 12.2. The molecule has 1 heterocycles. The van der Waals surface area contributed by atoms with Gasteiger partial charge in [0.25, 0.3) is 5.91 Å². The van der Waals surface area contributed by atoms with Crippen molar-refractivity contribution in [3.8, 4) is 6.07 Å². The molecule has 2 aromatic carbocycles. The van der Waals surface area contributed by atoms with Crippen LogP contribution in [0.25, 0.3) is 11.0 Å². The van der Waals surface area contributed by atoms with Gasteiger partial charge >= 0.3 is 0 Å². The Labute approximate surface area is 121 Å². The zero-order valence-electron chi connectivity index (χ0n) is 11.4. The van der Waals surface area contributed by atoms with Crippen LogP contribution in [0.2, 0.25) is 0 Å². The van der Waals surface area contributed by atoms with Gasteiger partial charge in [-0.15, -0.1) is 0 Å². The minimum absolute atomic E-state index is 0.192. The molecule has 0 aliphatic carbocycles. The first-order valence-corrected chi connectivity index (χ1v) is 6.40. The number of benzene rings is 2. The molecule has 5 nitrogen and oxygen atoms in total. The minimum atomic E-state index is -0.192. The Bertz CT molecular complexity index is 856. The number of fused-ring (bicyclic) bond motifs is 1. The maximum Gasteiger partial charge on any atom is 0.255 e. The van der Waals surface area contributed by atoms with Crippen LogP contribution in [0.4, 0.5) is 5.69 Å². The first kappa shape index (κ1) is 12.9. The molecule has 0 bridgehead atoms. The highest BCUT2D eigenvalue weighted by atomic mass is 16.1. The lowest BCUT2D eigenvalue weighted by Crippen LogP contribution is -2.11. The summed E-state index contributed by atoms with van der Waals surface area (Å²) in [5.74, 6) is -0.192. The van der Waals surface area contributed by atoms with E-state index in [0.717, 1.165) is 11.0 Å². The summed E-state index contributed by atoms with van der Waals surface area (Å²) in [5.41, 5.74) is 3.54. The number of amides is 1. The summed E-state index contributed by atoms with van der Waals surface area (Å²) >= 11 is 0. The van der Waals surface area contributed by atoms with Crippen molar-refractivity contribution in [2.24, 2.45) is 7.05 Å². The quantitative estimate of drug-likeness (QED) is 0.782. The largest absolute Gasteiger partial charge is 0.334 e. The molecular formula is C16H12N4O. The molecule has 0 saturated carbocycles. The molecule has 0 aliphatic rings. The van der Waals surface area contributed by atoms with Gasteiger partial charge in [-0.25, -0.2) is 4.98 Å². The van der Waals surface area contributed by atoms with Gasteiger partial charge < -0.3 is 9.88 Å². The Kier molecular flexibility index (Phi) is 3.13. The van der Waals surface area contributed by atoms with E-state index in [1.165, 1.54) is 0 Å². The summed E-state index contributed by atoms with van der Waals surface area (Å²) in [5, 5.41) is 11.6. The third-order valence-electron chi connectivity index (χ3n) is 3.26. The Morgan fingerprint density at radius 1 is 1.24 bits per heavy atom. The van der Waals surface area contributed by atoms with Crippen molar-refractivity contribution in [1.29, 1.82) is 5.26 Å². The van der Waals surface area contributed by atoms with Gasteiger partial charge in [0, 0.05) is 18.3 Å². The molecule has 21 heavy (non-hydrogen) atoms. The van der Waals surface area contributed by atoms with E-state index in [1.54, 1.807) is 42.7 Å². The second-order valence-electron chi connectivity index (χ2n) is 4.70. The van der Waals surface area contributed by atoms with Crippen molar-refractivity contribution in [3.05, 3.63) is 59.9 Å². The van der Waals surface area contributed by atoms with Crippen molar-refractivity contribution in [2.45, 2.75) is 0 Å². The van der Waals surface area contributed by atoms with Crippen LogP contribution >= 0.6 is 0 Å². The smallest absolute Gasteiger partial charge is 0.255 e. The highest BCUT2D eigenvalue weighted by Crippen LogP contribution is 2.16. The van der Waals surface area contributed by atoms with Crippen molar-refractivity contribution < 1.29 is 4.79 Å². The molecular weight excluding hydrogens is 264 g/mol. The van der Waals surface area contributed by atoms with E-state index in [0.29, 0.717) is 16.8 Å². The minimum Gasteiger partial charge on any atom is -0.334 e. The van der Waals surface area contributed by atoms with Gasteiger partial charge in [-0.2, -0.15) is 5.26 Å². The predicted octanol–water partition coefficient (Wildman–Crippen LogP) is 2.70. The Hall–Kier alpha value is -3.13. The third kappa shape index (κ3) is 2.47. The summed E-state index contributed by atoms with van der Waals surface area (Å²) in [6.45, 7) is 0. The predicted molar refractivity (Wildman–Crippen MR) is 79.8 cm³/mol. The second kappa shape index (κ2) is 5.10. The molecule has 3 rings (SSSR count). The zero-order chi connectivity index (χ0) is 14.8. The van der Waals surface area contributed by atoms with Crippen LogP contribution in [0, 0.1) is 11.3 Å². The SMILES string of the molecule is Cn1cnc2ccc(C(=O)Nc3ccc(C#N)cc3)cc21. The van der Waals surface area contributed by atoms with Gasteiger partial charge in [0.2, 0.25) is 0 Å². The van der Waals surface area contributed by atoms with Crippen LogP contribution in [0.15, 0.2) is 48.8 Å². The second-order valence-corrected chi connectivity index (χ2v) is 4.70. The van der Waals surface area contributed by atoms with Gasteiger partial charge in [0.15, 0.2) is 0 Å². The molecule has 1 amide bonds. The van der Waals surface area contributed by atoms with Crippen molar-refractivity contribution in [2.75, 3.05) is 5.32 Å². The topological polar surface area (TPSA) is 70.7 Å². The lowest BCUT2D eigenvalue weighted by molar-refractivity contribution is 0.102. The van der Waals surface area contributed by atoms with Crippen LogP contribution in [0.5, 0.6) is 0 Å². The number of nitrogens with one attached hydrogen (secondary N) is 1. The molecule has 5 heteroatoms. The molecule has 1 aromatic heterocycles. The van der Waals surface area contributed by atoms with E-state index >= 15 is 0 Å². The first-order chi connectivity index (χ1) is 10.2. The summed E-state index contributed by atoms with van der Waals surface area (Å²) in [4.78, 5) is 16.5. The highest BCUT2D eigenvalue weighted by molar-refractivity contribution is 6.05. The Morgan fingerprint density at radius 3 is 2.71 bits per heavy atom. The molecule has 102 valence electrons. The normalized spacial score (nSPS) is 10.3. The average Bonchev–Trinajstić information content (AvgIpc) is 2.89. The molecule has 0 radical (unpaired) electrons. The lowest BCUT2D eigenvalue weighted by atomic mass is 10.1. The van der Waals surface area contributed by atoms with E-state index < -0.39 is 0 Å². The Balaban J connectivity index is 1.85. The van der Waals surface area contributed by atoms with Crippen molar-refractivity contribution in [3.63, 3.8) is 0 Å². The van der Waals surface area contributed by atoms with E-state index in [1.807, 2.05) is 23.8 Å². The number of hydrogen-bond donors (Lipinski definition) is 1. The molecule has 0 unspecified atom stereocenters. The fraction of sp³-hybridized carbons (Fsp3) is 0.0625. The maximum atomic E-state index is 12.2. The number of imidazole rings is 1. The highest BCUT2D eigenvalue weighted by Gasteiger charge is 2.09. The van der Waals surface area contributed by atoms with Crippen LogP contribution < -0.4 is 5.32 Å². The fourth-order valence-electron chi connectivity index (χ4n) is 2.10. The van der Waals surface area contributed by atoms with Gasteiger partial charge in [0.1, 0.15) is 0 Å². The van der Waals surface area contributed by atoms with E-state index in [-0.39, 0.29) is 5.91 Å². The number of carbonyl (C=O) groups excluding carboxylic acids is 1. The number of aryl methyl sites for hydroxylation is 1. The van der Waals surface area contributed by atoms with E-state index in [2.05, 4.69) is 10.3 Å². The number of anilines is 1. The van der Waals surface area contributed by atoms with Gasteiger partial charge in [-0.3, -0.25) is 4.79 Å². The number of nitrogens with zero attached hydrogens (tertiary/aromatic N) is 3. The van der Waals surface area contributed by atoms with Crippen molar-refractivity contribution >= 4 is 22.6 Å². The van der Waals surface area contributed by atoms with E-state index in [9.17, 15) is 4.79 Å². The fourth-order valence-corrected chi connectivity index (χ4v) is 2.10. The number of carbonyl (C=O) groups is 1. The molecule has 0 fully saturated rings. The van der Waals surface area contributed by atoms with Crippen molar-refractivity contribution in [1.82, 2.24) is 9.55 Å². The van der Waals surface area contributed by atoms with Gasteiger partial charge in [-0.05, 0) is 42.5 Å². The number of hydrogen-bond acceptors (Lipinski definition) is 3. The number of nitriles is 1. The van der Waals surface area contributed by atoms with Crippen LogP contribution in [-0.2, 0) is 7.05 Å². The van der Waals surface area contributed by atoms with Crippen LogP contribution in [-0.4, -0.2) is 15.5 Å². The molecule has 0 aliphatic heterocycles. The molecule has 0 spiro atoms. The van der Waals surface area contributed by atoms with Gasteiger partial charge in [0.05, 0.1) is 29.0 Å². The molecule has 0 saturated heterocycles. The van der Waals surface area contributed by atoms with Crippen LogP contribution in [0.3, 0.4) is 0 Å². The number of aromatic nitrogens is 2. The summed E-state index contributed by atoms with van der Waals surface area (Å²) in [6, 6.07) is 14.2. The number of rotatable bonds is 2. The molecule has 0 atom stereocenters. The average molecular weight is 276 g/mol. The third-order valence-corrected chi connectivity index (χ3v) is 3.26. The van der Waals surface area contributed by atoms with Crippen LogP contribution in [0.1, 0.15) is 15.9 Å².